The van der Waals surface area contributed by atoms with Crippen LogP contribution in [0.2, 0.25) is 0 Å². The minimum absolute atomic E-state index is 0.546. The van der Waals surface area contributed by atoms with Crippen molar-refractivity contribution in [2.45, 2.75) is 12.5 Å². The molecule has 1 N–H and O–H groups in total. The van der Waals surface area contributed by atoms with Crippen molar-refractivity contribution in [3.63, 3.8) is 0 Å². The standard InChI is InChI=1S/C16H18O3/c1-18-15-10-6-9-13(16(15)19-2)14(17)11-12-7-4-3-5-8-12/h3-10,14,17H,11H2,1-2H3. The van der Waals surface area contributed by atoms with Crippen LogP contribution in [0.1, 0.15) is 17.2 Å². The van der Waals surface area contributed by atoms with Crippen LogP contribution < -0.4 is 9.47 Å². The lowest BCUT2D eigenvalue weighted by molar-refractivity contribution is 0.173. The Hall–Kier alpha value is -2.00. The molecule has 0 aliphatic rings. The molecule has 3 nitrogen and oxygen atoms in total. The average Bonchev–Trinajstić information content (AvgIpc) is 2.47. The van der Waals surface area contributed by atoms with E-state index in [0.717, 1.165) is 11.1 Å². The molecule has 3 heteroatoms. The monoisotopic (exact) mass is 258 g/mol. The van der Waals surface area contributed by atoms with E-state index in [-0.39, 0.29) is 0 Å². The highest BCUT2D eigenvalue weighted by Gasteiger charge is 2.17. The maximum atomic E-state index is 10.4. The SMILES string of the molecule is COc1cccc(C(O)Cc2ccccc2)c1OC. The van der Waals surface area contributed by atoms with E-state index in [1.807, 2.05) is 48.5 Å². The third kappa shape index (κ3) is 3.06. The van der Waals surface area contributed by atoms with E-state index in [1.165, 1.54) is 0 Å². The third-order valence-electron chi connectivity index (χ3n) is 3.06. The molecule has 2 aromatic carbocycles. The van der Waals surface area contributed by atoms with Gasteiger partial charge in [-0.25, -0.2) is 0 Å². The Morgan fingerprint density at radius 3 is 2.32 bits per heavy atom. The molecule has 0 amide bonds. The van der Waals surface area contributed by atoms with Crippen molar-refractivity contribution in [2.24, 2.45) is 0 Å². The Morgan fingerprint density at radius 1 is 0.947 bits per heavy atom. The second-order valence-corrected chi connectivity index (χ2v) is 4.29. The molecule has 0 aliphatic carbocycles. The molecule has 0 saturated heterocycles. The number of hydrogen-bond donors (Lipinski definition) is 1. The maximum Gasteiger partial charge on any atom is 0.166 e. The van der Waals surface area contributed by atoms with E-state index in [0.29, 0.717) is 17.9 Å². The van der Waals surface area contributed by atoms with Crippen molar-refractivity contribution in [1.82, 2.24) is 0 Å². The number of aliphatic hydroxyl groups excluding tert-OH is 1. The second kappa shape index (κ2) is 6.25. The average molecular weight is 258 g/mol. The van der Waals surface area contributed by atoms with Gasteiger partial charge in [-0.1, -0.05) is 42.5 Å². The van der Waals surface area contributed by atoms with Gasteiger partial charge in [0.2, 0.25) is 0 Å². The van der Waals surface area contributed by atoms with Crippen molar-refractivity contribution in [3.8, 4) is 11.5 Å². The first-order chi connectivity index (χ1) is 9.26. The Bertz CT molecular complexity index is 523. The molecular weight excluding hydrogens is 240 g/mol. The topological polar surface area (TPSA) is 38.7 Å². The van der Waals surface area contributed by atoms with Crippen LogP contribution in [0.5, 0.6) is 11.5 Å². The summed E-state index contributed by atoms with van der Waals surface area (Å²) in [6.07, 6.45) is -0.0721. The number of hydrogen-bond acceptors (Lipinski definition) is 3. The number of benzene rings is 2. The van der Waals surface area contributed by atoms with Crippen LogP contribution in [0, 0.1) is 0 Å². The van der Waals surface area contributed by atoms with Gasteiger partial charge in [0.25, 0.3) is 0 Å². The number of methoxy groups -OCH3 is 2. The highest BCUT2D eigenvalue weighted by Crippen LogP contribution is 2.35. The van der Waals surface area contributed by atoms with E-state index in [4.69, 9.17) is 9.47 Å². The summed E-state index contributed by atoms with van der Waals surface area (Å²) in [7, 11) is 3.17. The van der Waals surface area contributed by atoms with Crippen molar-refractivity contribution in [3.05, 3.63) is 59.7 Å². The lowest BCUT2D eigenvalue weighted by Gasteiger charge is -2.17. The quantitative estimate of drug-likeness (QED) is 0.896. The molecule has 0 heterocycles. The van der Waals surface area contributed by atoms with Gasteiger partial charge in [-0.3, -0.25) is 0 Å². The summed E-state index contributed by atoms with van der Waals surface area (Å²) < 4.78 is 10.6. The fourth-order valence-electron chi connectivity index (χ4n) is 2.12. The zero-order valence-electron chi connectivity index (χ0n) is 11.2. The molecule has 1 unspecified atom stereocenters. The molecule has 0 spiro atoms. The first kappa shape index (κ1) is 13.4. The molecule has 2 aromatic rings. The molecule has 0 saturated carbocycles. The maximum absolute atomic E-state index is 10.4. The van der Waals surface area contributed by atoms with E-state index in [1.54, 1.807) is 14.2 Å². The number of ether oxygens (including phenoxy) is 2. The molecule has 19 heavy (non-hydrogen) atoms. The van der Waals surface area contributed by atoms with Crippen LogP contribution in [-0.2, 0) is 6.42 Å². The van der Waals surface area contributed by atoms with Gasteiger partial charge in [0.05, 0.1) is 20.3 Å². The summed E-state index contributed by atoms with van der Waals surface area (Å²) in [5.74, 6) is 1.22. The Labute approximate surface area is 113 Å². The highest BCUT2D eigenvalue weighted by atomic mass is 16.5. The zero-order valence-corrected chi connectivity index (χ0v) is 11.2. The predicted octanol–water partition coefficient (Wildman–Crippen LogP) is 2.98. The summed E-state index contributed by atoms with van der Waals surface area (Å²) >= 11 is 0. The van der Waals surface area contributed by atoms with Crippen LogP contribution in [0.4, 0.5) is 0 Å². The van der Waals surface area contributed by atoms with E-state index >= 15 is 0 Å². The van der Waals surface area contributed by atoms with Crippen molar-refractivity contribution in [2.75, 3.05) is 14.2 Å². The summed E-state index contributed by atoms with van der Waals surface area (Å²) in [6.45, 7) is 0. The largest absolute Gasteiger partial charge is 0.493 e. The third-order valence-corrected chi connectivity index (χ3v) is 3.06. The Morgan fingerprint density at radius 2 is 1.68 bits per heavy atom. The Kier molecular flexibility index (Phi) is 4.42. The van der Waals surface area contributed by atoms with Crippen molar-refractivity contribution < 1.29 is 14.6 Å². The fraction of sp³-hybridized carbons (Fsp3) is 0.250. The van der Waals surface area contributed by atoms with Gasteiger partial charge in [-0.05, 0) is 11.6 Å². The van der Waals surface area contributed by atoms with Crippen molar-refractivity contribution in [1.29, 1.82) is 0 Å². The predicted molar refractivity (Wildman–Crippen MR) is 74.7 cm³/mol. The zero-order chi connectivity index (χ0) is 13.7. The van der Waals surface area contributed by atoms with Gasteiger partial charge in [-0.15, -0.1) is 0 Å². The second-order valence-electron chi connectivity index (χ2n) is 4.29. The lowest BCUT2D eigenvalue weighted by Crippen LogP contribution is -2.05. The smallest absolute Gasteiger partial charge is 0.166 e. The van der Waals surface area contributed by atoms with Gasteiger partial charge in [0.1, 0.15) is 0 Å². The van der Waals surface area contributed by atoms with E-state index in [9.17, 15) is 5.11 Å². The number of rotatable bonds is 5. The summed E-state index contributed by atoms with van der Waals surface area (Å²) in [5, 5.41) is 10.4. The molecule has 0 aromatic heterocycles. The Balaban J connectivity index is 2.26. The van der Waals surface area contributed by atoms with Gasteiger partial charge >= 0.3 is 0 Å². The van der Waals surface area contributed by atoms with Crippen LogP contribution in [0.15, 0.2) is 48.5 Å². The molecule has 100 valence electrons. The minimum atomic E-state index is -0.618. The molecule has 1 atom stereocenters. The summed E-state index contributed by atoms with van der Waals surface area (Å²) in [5.41, 5.74) is 1.82. The molecular formula is C16H18O3. The normalized spacial score (nSPS) is 11.9. The molecule has 0 radical (unpaired) electrons. The van der Waals surface area contributed by atoms with Gasteiger partial charge in [-0.2, -0.15) is 0 Å². The van der Waals surface area contributed by atoms with Crippen molar-refractivity contribution >= 4 is 0 Å². The first-order valence-corrected chi connectivity index (χ1v) is 6.19. The van der Waals surface area contributed by atoms with Crippen LogP contribution in [-0.4, -0.2) is 19.3 Å². The molecule has 0 fully saturated rings. The van der Waals surface area contributed by atoms with Crippen LogP contribution in [0.25, 0.3) is 0 Å². The highest BCUT2D eigenvalue weighted by molar-refractivity contribution is 5.47. The minimum Gasteiger partial charge on any atom is -0.493 e. The van der Waals surface area contributed by atoms with Gasteiger partial charge in [0, 0.05) is 12.0 Å². The number of para-hydroxylation sites is 1. The van der Waals surface area contributed by atoms with E-state index in [2.05, 4.69) is 0 Å². The molecule has 2 rings (SSSR count). The number of aliphatic hydroxyl groups is 1. The fourth-order valence-corrected chi connectivity index (χ4v) is 2.12. The summed E-state index contributed by atoms with van der Waals surface area (Å²) in [6, 6.07) is 15.4. The van der Waals surface area contributed by atoms with Crippen LogP contribution >= 0.6 is 0 Å². The van der Waals surface area contributed by atoms with E-state index < -0.39 is 6.10 Å². The van der Waals surface area contributed by atoms with Gasteiger partial charge in [0.15, 0.2) is 11.5 Å². The first-order valence-electron chi connectivity index (χ1n) is 6.19. The molecule has 0 aliphatic heterocycles. The molecule has 0 bridgehead atoms. The van der Waals surface area contributed by atoms with Gasteiger partial charge < -0.3 is 14.6 Å². The summed E-state index contributed by atoms with van der Waals surface area (Å²) in [4.78, 5) is 0. The van der Waals surface area contributed by atoms with Crippen LogP contribution in [0.3, 0.4) is 0 Å². The lowest BCUT2D eigenvalue weighted by atomic mass is 10.0.